The van der Waals surface area contributed by atoms with Crippen molar-refractivity contribution < 1.29 is 0 Å². The highest BCUT2D eigenvalue weighted by Gasteiger charge is 2.04. The van der Waals surface area contributed by atoms with Gasteiger partial charge in [-0.1, -0.05) is 39.8 Å². The molecule has 2 rings (SSSR count). The van der Waals surface area contributed by atoms with Crippen LogP contribution in [0.25, 0.3) is 0 Å². The van der Waals surface area contributed by atoms with Crippen molar-refractivity contribution >= 4 is 43.6 Å². The first-order valence-electron chi connectivity index (χ1n) is 5.55. The van der Waals surface area contributed by atoms with Crippen molar-refractivity contribution in [2.75, 3.05) is 7.05 Å². The Balaban J connectivity index is 2.19. The maximum absolute atomic E-state index is 3.63. The predicted octanol–water partition coefficient (Wildman–Crippen LogP) is 5.08. The van der Waals surface area contributed by atoms with Gasteiger partial charge in [0, 0.05) is 25.3 Å². The van der Waals surface area contributed by atoms with Crippen LogP contribution in [0.4, 0.5) is 0 Å². The molecule has 0 unspecified atom stereocenters. The van der Waals surface area contributed by atoms with Gasteiger partial charge in [0.25, 0.3) is 0 Å². The number of benzene rings is 2. The van der Waals surface area contributed by atoms with Gasteiger partial charge < -0.3 is 5.32 Å². The normalized spacial score (nSPS) is 10.6. The number of hydrogen-bond acceptors (Lipinski definition) is 2. The lowest BCUT2D eigenvalue weighted by Gasteiger charge is -2.07. The SMILES string of the molecule is CNCc1ccc(Sc2cccc(Br)c2)c(Br)c1. The van der Waals surface area contributed by atoms with Gasteiger partial charge in [-0.15, -0.1) is 0 Å². The first-order chi connectivity index (χ1) is 8.69. The quantitative estimate of drug-likeness (QED) is 0.785. The third kappa shape index (κ3) is 3.85. The van der Waals surface area contributed by atoms with Gasteiger partial charge in [-0.05, 0) is 58.9 Å². The molecule has 0 amide bonds. The minimum Gasteiger partial charge on any atom is -0.316 e. The fourth-order valence-electron chi connectivity index (χ4n) is 1.60. The van der Waals surface area contributed by atoms with Crippen molar-refractivity contribution in [3.63, 3.8) is 0 Å². The smallest absolute Gasteiger partial charge is 0.0318 e. The lowest BCUT2D eigenvalue weighted by atomic mass is 10.2. The zero-order valence-corrected chi connectivity index (χ0v) is 13.9. The molecule has 2 aromatic rings. The van der Waals surface area contributed by atoms with E-state index in [1.54, 1.807) is 11.8 Å². The number of hydrogen-bond donors (Lipinski definition) is 1. The maximum atomic E-state index is 3.63. The maximum Gasteiger partial charge on any atom is 0.0318 e. The molecule has 0 radical (unpaired) electrons. The van der Waals surface area contributed by atoms with Crippen LogP contribution >= 0.6 is 43.6 Å². The van der Waals surface area contributed by atoms with E-state index in [0.717, 1.165) is 15.5 Å². The molecule has 0 fully saturated rings. The molecule has 0 aliphatic rings. The van der Waals surface area contributed by atoms with Gasteiger partial charge in [0.15, 0.2) is 0 Å². The molecule has 0 spiro atoms. The summed E-state index contributed by atoms with van der Waals surface area (Å²) in [6.45, 7) is 0.889. The van der Waals surface area contributed by atoms with Crippen LogP contribution in [0.5, 0.6) is 0 Å². The van der Waals surface area contributed by atoms with Crippen LogP contribution in [-0.2, 0) is 6.54 Å². The summed E-state index contributed by atoms with van der Waals surface area (Å²) in [6, 6.07) is 14.8. The lowest BCUT2D eigenvalue weighted by Crippen LogP contribution is -2.04. The van der Waals surface area contributed by atoms with Crippen LogP contribution in [0.1, 0.15) is 5.56 Å². The average Bonchev–Trinajstić information content (AvgIpc) is 2.33. The Morgan fingerprint density at radius 2 is 1.94 bits per heavy atom. The fourth-order valence-corrected chi connectivity index (χ4v) is 3.70. The van der Waals surface area contributed by atoms with Crippen LogP contribution in [0.3, 0.4) is 0 Å². The molecule has 0 aromatic heterocycles. The Bertz CT molecular complexity index is 543. The summed E-state index contributed by atoms with van der Waals surface area (Å²) in [5, 5.41) is 3.15. The Hall–Kier alpha value is -0.290. The summed E-state index contributed by atoms with van der Waals surface area (Å²) in [6.07, 6.45) is 0. The van der Waals surface area contributed by atoms with E-state index < -0.39 is 0 Å². The second-order valence-corrected chi connectivity index (χ2v) is 6.74. The van der Waals surface area contributed by atoms with Crippen molar-refractivity contribution in [1.29, 1.82) is 0 Å². The standard InChI is InChI=1S/C14H13Br2NS/c1-17-9-10-5-6-14(13(16)7-10)18-12-4-2-3-11(15)8-12/h2-8,17H,9H2,1H3. The summed E-state index contributed by atoms with van der Waals surface area (Å²) in [5.74, 6) is 0. The monoisotopic (exact) mass is 385 g/mol. The van der Waals surface area contributed by atoms with Gasteiger partial charge in [0.1, 0.15) is 0 Å². The van der Waals surface area contributed by atoms with E-state index in [-0.39, 0.29) is 0 Å². The molecule has 94 valence electrons. The lowest BCUT2D eigenvalue weighted by molar-refractivity contribution is 0.816. The van der Waals surface area contributed by atoms with Crippen molar-refractivity contribution in [2.45, 2.75) is 16.3 Å². The van der Waals surface area contributed by atoms with Gasteiger partial charge in [-0.3, -0.25) is 0 Å². The van der Waals surface area contributed by atoms with Crippen LogP contribution in [0.15, 0.2) is 61.2 Å². The number of nitrogens with one attached hydrogen (secondary N) is 1. The predicted molar refractivity (Wildman–Crippen MR) is 85.2 cm³/mol. The molecule has 0 heterocycles. The van der Waals surface area contributed by atoms with E-state index in [2.05, 4.69) is 73.6 Å². The minimum atomic E-state index is 0.889. The van der Waals surface area contributed by atoms with Crippen molar-refractivity contribution in [3.05, 3.63) is 57.0 Å². The molecule has 0 aliphatic heterocycles. The first-order valence-corrected chi connectivity index (χ1v) is 7.96. The summed E-state index contributed by atoms with van der Waals surface area (Å²) >= 11 is 8.88. The summed E-state index contributed by atoms with van der Waals surface area (Å²) in [4.78, 5) is 2.46. The Labute approximate surface area is 129 Å². The number of halogens is 2. The van der Waals surface area contributed by atoms with Crippen molar-refractivity contribution in [2.24, 2.45) is 0 Å². The van der Waals surface area contributed by atoms with E-state index in [0.29, 0.717) is 0 Å². The summed E-state index contributed by atoms with van der Waals surface area (Å²) in [7, 11) is 1.96. The van der Waals surface area contributed by atoms with Gasteiger partial charge in [0.2, 0.25) is 0 Å². The van der Waals surface area contributed by atoms with Crippen molar-refractivity contribution in [3.8, 4) is 0 Å². The van der Waals surface area contributed by atoms with Crippen molar-refractivity contribution in [1.82, 2.24) is 5.32 Å². The molecule has 0 aliphatic carbocycles. The van der Waals surface area contributed by atoms with E-state index in [4.69, 9.17) is 0 Å². The van der Waals surface area contributed by atoms with Gasteiger partial charge in [0.05, 0.1) is 0 Å². The third-order valence-electron chi connectivity index (χ3n) is 2.40. The second kappa shape index (κ2) is 6.75. The van der Waals surface area contributed by atoms with Gasteiger partial charge in [-0.2, -0.15) is 0 Å². The number of rotatable bonds is 4. The van der Waals surface area contributed by atoms with E-state index in [1.165, 1.54) is 15.4 Å². The van der Waals surface area contributed by atoms with E-state index >= 15 is 0 Å². The topological polar surface area (TPSA) is 12.0 Å². The Kier molecular flexibility index (Phi) is 5.30. The zero-order valence-electron chi connectivity index (χ0n) is 9.91. The minimum absolute atomic E-state index is 0.889. The molecular formula is C14H13Br2NS. The molecule has 1 N–H and O–H groups in total. The van der Waals surface area contributed by atoms with E-state index in [1.807, 2.05) is 13.1 Å². The Morgan fingerprint density at radius 3 is 2.61 bits per heavy atom. The van der Waals surface area contributed by atoms with Gasteiger partial charge in [-0.25, -0.2) is 0 Å². The molecule has 4 heteroatoms. The summed E-state index contributed by atoms with van der Waals surface area (Å²) < 4.78 is 2.25. The summed E-state index contributed by atoms with van der Waals surface area (Å²) in [5.41, 5.74) is 1.28. The molecular weight excluding hydrogens is 374 g/mol. The van der Waals surface area contributed by atoms with Crippen LogP contribution in [-0.4, -0.2) is 7.05 Å². The fraction of sp³-hybridized carbons (Fsp3) is 0.143. The molecule has 0 saturated heterocycles. The molecule has 2 aromatic carbocycles. The molecule has 0 bridgehead atoms. The molecule has 1 nitrogen and oxygen atoms in total. The molecule has 18 heavy (non-hydrogen) atoms. The molecule has 0 atom stereocenters. The van der Waals surface area contributed by atoms with Crippen LogP contribution in [0.2, 0.25) is 0 Å². The van der Waals surface area contributed by atoms with Crippen LogP contribution < -0.4 is 5.32 Å². The highest BCUT2D eigenvalue weighted by molar-refractivity contribution is 9.10. The van der Waals surface area contributed by atoms with Crippen LogP contribution in [0, 0.1) is 0 Å². The second-order valence-electron chi connectivity index (χ2n) is 3.85. The first kappa shape index (κ1) is 14.1. The largest absolute Gasteiger partial charge is 0.316 e. The third-order valence-corrected chi connectivity index (χ3v) is 4.88. The average molecular weight is 387 g/mol. The molecule has 0 saturated carbocycles. The van der Waals surface area contributed by atoms with Gasteiger partial charge >= 0.3 is 0 Å². The van der Waals surface area contributed by atoms with E-state index in [9.17, 15) is 0 Å². The zero-order chi connectivity index (χ0) is 13.0. The highest BCUT2D eigenvalue weighted by Crippen LogP contribution is 2.34. The Morgan fingerprint density at radius 1 is 1.11 bits per heavy atom. The highest BCUT2D eigenvalue weighted by atomic mass is 79.9.